The van der Waals surface area contributed by atoms with E-state index in [0.29, 0.717) is 0 Å². The first-order valence-corrected chi connectivity index (χ1v) is 4.90. The van der Waals surface area contributed by atoms with Gasteiger partial charge in [0.05, 0.1) is 0 Å². The van der Waals surface area contributed by atoms with Crippen LogP contribution in [-0.4, -0.2) is 20.1 Å². The Morgan fingerprint density at radius 1 is 1.17 bits per heavy atom. The average molecular weight is 241 g/mol. The summed E-state index contributed by atoms with van der Waals surface area (Å²) in [6.07, 6.45) is 0. The summed E-state index contributed by atoms with van der Waals surface area (Å²) >= 11 is -6.10. The van der Waals surface area contributed by atoms with Gasteiger partial charge in [-0.3, -0.25) is 0 Å². The quantitative estimate of drug-likeness (QED) is 0.403. The Bertz CT molecular complexity index is 53.7. The van der Waals surface area contributed by atoms with Gasteiger partial charge >= 0.3 is 50.3 Å². The van der Waals surface area contributed by atoms with Crippen LogP contribution in [0.25, 0.3) is 0 Å². The van der Waals surface area contributed by atoms with Crippen molar-refractivity contribution < 1.29 is 30.2 Å². The van der Waals surface area contributed by atoms with E-state index in [-0.39, 0.29) is 17.1 Å². The molecule has 0 saturated carbocycles. The van der Waals surface area contributed by atoms with Gasteiger partial charge in [0.15, 0.2) is 0 Å². The summed E-state index contributed by atoms with van der Waals surface area (Å²) < 4.78 is 34.6. The molecule has 6 heavy (non-hydrogen) atoms. The molecule has 0 radical (unpaired) electrons. The zero-order chi connectivity index (χ0) is 4.50. The van der Waals surface area contributed by atoms with Crippen molar-refractivity contribution >= 4 is 20.1 Å². The van der Waals surface area contributed by atoms with Crippen molar-refractivity contribution in [2.45, 2.75) is 0 Å². The van der Waals surface area contributed by atoms with Gasteiger partial charge < -0.3 is 0 Å². The first kappa shape index (κ1) is 10.1. The van der Waals surface area contributed by atoms with Crippen LogP contribution >= 0.6 is 0 Å². The van der Waals surface area contributed by atoms with Crippen LogP contribution in [0.5, 0.6) is 0 Å². The Morgan fingerprint density at radius 2 is 1.17 bits per heavy atom. The summed E-state index contributed by atoms with van der Waals surface area (Å²) in [5.74, 6) is 0. The van der Waals surface area contributed by atoms with Gasteiger partial charge in [-0.15, -0.1) is 0 Å². The van der Waals surface area contributed by atoms with E-state index >= 15 is 0 Å². The molecule has 0 aromatic rings. The minimum absolute atomic E-state index is 0. The summed E-state index contributed by atoms with van der Waals surface area (Å²) in [4.78, 5) is 0. The Hall–Kier alpha value is 1.02. The maximum atomic E-state index is 8.64. The molecule has 0 fully saturated rings. The molecule has 0 unspecified atom stereocenters. The summed E-state index contributed by atoms with van der Waals surface area (Å²) in [5.41, 5.74) is 0. The minimum atomic E-state index is -6.10. The molecule has 36 valence electrons. The molecule has 0 heterocycles. The zero-order valence-corrected chi connectivity index (χ0v) is 6.19. The fourth-order valence-corrected chi connectivity index (χ4v) is 0. The van der Waals surface area contributed by atoms with E-state index in [1.165, 1.54) is 0 Å². The van der Waals surface area contributed by atoms with Gasteiger partial charge in [-0.1, -0.05) is 0 Å². The average Bonchev–Trinajstić information content (AvgIpc) is 0.722. The normalized spacial score (nSPS) is 9.83. The number of hydrogen-bond donors (Lipinski definition) is 0. The number of rotatable bonds is 0. The van der Waals surface area contributed by atoms with Gasteiger partial charge in [-0.2, -0.15) is 0 Å². The molecule has 0 atom stereocenters. The summed E-state index contributed by atoms with van der Waals surface area (Å²) in [6, 6.07) is 0. The predicted molar refractivity (Wildman–Crippen MR) is 6.44 cm³/mol. The maximum absolute atomic E-state index is 8.64. The molecule has 0 aliphatic carbocycles. The monoisotopic (exact) mass is 240 g/mol. The Balaban J connectivity index is 0. The molecule has 0 aromatic heterocycles. The van der Waals surface area contributed by atoms with Gasteiger partial charge in [0.1, 0.15) is 0 Å². The standard InChI is InChI=1S/Mn.4O.Sb/q+3;;3*-1;. The summed E-state index contributed by atoms with van der Waals surface area (Å²) in [5, 5.41) is 0. The van der Waals surface area contributed by atoms with Crippen LogP contribution in [-0.2, 0) is 20.1 Å². The van der Waals surface area contributed by atoms with Gasteiger partial charge in [0.2, 0.25) is 0 Å². The Morgan fingerprint density at radius 3 is 1.17 bits per heavy atom. The zero-order valence-electron chi connectivity index (χ0n) is 2.46. The molecule has 0 aromatic carbocycles. The fraction of sp³-hybridized carbons (Fsp3) is 0. The molecule has 0 rings (SSSR count). The van der Waals surface area contributed by atoms with Crippen molar-refractivity contribution in [2.75, 3.05) is 0 Å². The third-order valence-corrected chi connectivity index (χ3v) is 0. The molecule has 0 aliphatic rings. The molecular formula is MnO4Sb. The molecule has 0 bridgehead atoms. The van der Waals surface area contributed by atoms with E-state index in [1.54, 1.807) is 0 Å². The first-order valence-electron chi connectivity index (χ1n) is 0.730. The fourth-order valence-electron chi connectivity index (χ4n) is 0. The SMILES string of the molecule is [Mn+3].[O]=[Sb]([O-])([O-])[O-]. The van der Waals surface area contributed by atoms with Crippen LogP contribution in [0.4, 0.5) is 0 Å². The van der Waals surface area contributed by atoms with Gasteiger partial charge in [0, 0.05) is 0 Å². The van der Waals surface area contributed by atoms with Crippen molar-refractivity contribution in [3.63, 3.8) is 0 Å². The molecule has 0 aliphatic heterocycles. The van der Waals surface area contributed by atoms with Crippen LogP contribution in [0, 0.1) is 0 Å². The van der Waals surface area contributed by atoms with E-state index in [0.717, 1.165) is 0 Å². The van der Waals surface area contributed by atoms with E-state index in [9.17, 15) is 0 Å². The predicted octanol–water partition coefficient (Wildman–Crippen LogP) is -4.07. The summed E-state index contributed by atoms with van der Waals surface area (Å²) in [7, 11) is 0. The van der Waals surface area contributed by atoms with Crippen LogP contribution in [0.15, 0.2) is 0 Å². The van der Waals surface area contributed by atoms with E-state index in [1.807, 2.05) is 0 Å². The third-order valence-electron chi connectivity index (χ3n) is 0. The van der Waals surface area contributed by atoms with Gasteiger partial charge in [0.25, 0.3) is 0 Å². The van der Waals surface area contributed by atoms with Crippen LogP contribution in [0.2, 0.25) is 0 Å². The molecule has 6 heteroatoms. The van der Waals surface area contributed by atoms with E-state index < -0.39 is 20.1 Å². The third kappa shape index (κ3) is 78.2. The molecule has 0 spiro atoms. The van der Waals surface area contributed by atoms with Crippen LogP contribution < -0.4 is 10.2 Å². The van der Waals surface area contributed by atoms with Crippen molar-refractivity contribution in [3.8, 4) is 0 Å². The molecular weight excluding hydrogens is 241 g/mol. The molecule has 0 saturated heterocycles. The number of hydrogen-bond acceptors (Lipinski definition) is 4. The van der Waals surface area contributed by atoms with Crippen molar-refractivity contribution in [3.05, 3.63) is 0 Å². The molecule has 0 N–H and O–H groups in total. The topological polar surface area (TPSA) is 86.2 Å². The molecule has 4 nitrogen and oxygen atoms in total. The Kier molecular flexibility index (Phi) is 5.18. The first-order chi connectivity index (χ1) is 2.00. The second-order valence-electron chi connectivity index (χ2n) is 0.447. The van der Waals surface area contributed by atoms with E-state index in [4.69, 9.17) is 13.2 Å². The van der Waals surface area contributed by atoms with Crippen molar-refractivity contribution in [1.29, 1.82) is 0 Å². The van der Waals surface area contributed by atoms with Crippen molar-refractivity contribution in [2.24, 2.45) is 0 Å². The molecule has 0 amide bonds. The van der Waals surface area contributed by atoms with Crippen LogP contribution in [0.3, 0.4) is 0 Å². The van der Waals surface area contributed by atoms with Gasteiger partial charge in [-0.25, -0.2) is 0 Å². The second kappa shape index (κ2) is 3.08. The van der Waals surface area contributed by atoms with Gasteiger partial charge in [-0.05, 0) is 0 Å². The summed E-state index contributed by atoms with van der Waals surface area (Å²) in [6.45, 7) is 0. The van der Waals surface area contributed by atoms with Crippen LogP contribution in [0.1, 0.15) is 0 Å². The van der Waals surface area contributed by atoms with Crippen molar-refractivity contribution in [1.82, 2.24) is 0 Å². The second-order valence-corrected chi connectivity index (χ2v) is 3.00. The van der Waals surface area contributed by atoms with E-state index in [2.05, 4.69) is 0 Å². The Labute approximate surface area is 50.4 Å².